The number of hydrogen-bond acceptors (Lipinski definition) is 3. The molecule has 0 fully saturated rings. The summed E-state index contributed by atoms with van der Waals surface area (Å²) in [4.78, 5) is 10.3. The van der Waals surface area contributed by atoms with Gasteiger partial charge in [0, 0.05) is 53.3 Å². The molecule has 9 rings (SSSR count). The van der Waals surface area contributed by atoms with Gasteiger partial charge in [0.15, 0.2) is 5.82 Å². The van der Waals surface area contributed by atoms with E-state index in [4.69, 9.17) is 9.97 Å². The van der Waals surface area contributed by atoms with Crippen LogP contribution in [0, 0.1) is 0 Å². The highest BCUT2D eigenvalue weighted by atomic mass is 32.1. The number of thiophene rings is 1. The summed E-state index contributed by atoms with van der Waals surface area (Å²) in [6, 6.07) is 53.5. The summed E-state index contributed by atoms with van der Waals surface area (Å²) < 4.78 is 4.87. The van der Waals surface area contributed by atoms with Gasteiger partial charge < -0.3 is 4.57 Å². The second-order valence-electron chi connectivity index (χ2n) is 11.0. The van der Waals surface area contributed by atoms with Crippen LogP contribution in [0.5, 0.6) is 0 Å². The topological polar surface area (TPSA) is 30.7 Å². The zero-order chi connectivity index (χ0) is 29.0. The van der Waals surface area contributed by atoms with Gasteiger partial charge in [0.2, 0.25) is 0 Å². The van der Waals surface area contributed by atoms with Gasteiger partial charge in [0.05, 0.1) is 22.4 Å². The van der Waals surface area contributed by atoms with Crippen molar-refractivity contribution in [2.24, 2.45) is 0 Å². The van der Waals surface area contributed by atoms with Crippen LogP contribution < -0.4 is 0 Å². The van der Waals surface area contributed by atoms with E-state index in [1.54, 1.807) is 0 Å². The van der Waals surface area contributed by atoms with Crippen molar-refractivity contribution in [1.82, 2.24) is 14.5 Å². The fourth-order valence-corrected chi connectivity index (χ4v) is 7.61. The number of benzene rings is 6. The van der Waals surface area contributed by atoms with E-state index in [1.165, 1.54) is 42.0 Å². The Morgan fingerprint density at radius 2 is 1.07 bits per heavy atom. The highest BCUT2D eigenvalue weighted by Gasteiger charge is 2.16. The van der Waals surface area contributed by atoms with Crippen molar-refractivity contribution in [3.63, 3.8) is 0 Å². The summed E-state index contributed by atoms with van der Waals surface area (Å²) in [5.74, 6) is 0.716. The van der Waals surface area contributed by atoms with E-state index >= 15 is 0 Å². The molecule has 3 nitrogen and oxygen atoms in total. The molecule has 0 amide bonds. The summed E-state index contributed by atoms with van der Waals surface area (Å²) in [6.45, 7) is 0. The Morgan fingerprint density at radius 3 is 1.82 bits per heavy atom. The molecular formula is C40H25N3S. The van der Waals surface area contributed by atoms with Crippen molar-refractivity contribution < 1.29 is 0 Å². The van der Waals surface area contributed by atoms with E-state index in [0.717, 1.165) is 33.8 Å². The molecule has 0 spiro atoms. The van der Waals surface area contributed by atoms with Crippen LogP contribution in [0.4, 0.5) is 0 Å². The van der Waals surface area contributed by atoms with Crippen LogP contribution in [-0.4, -0.2) is 14.5 Å². The largest absolute Gasteiger partial charge is 0.309 e. The maximum atomic E-state index is 5.20. The first-order chi connectivity index (χ1) is 21.8. The molecule has 0 saturated heterocycles. The third kappa shape index (κ3) is 3.96. The summed E-state index contributed by atoms with van der Waals surface area (Å²) in [6.07, 6.45) is 0. The maximum Gasteiger partial charge on any atom is 0.160 e. The fraction of sp³-hybridized carbons (Fsp3) is 0. The van der Waals surface area contributed by atoms with E-state index in [1.807, 2.05) is 17.4 Å². The third-order valence-electron chi connectivity index (χ3n) is 8.44. The molecule has 3 heterocycles. The van der Waals surface area contributed by atoms with Crippen LogP contribution in [0.15, 0.2) is 152 Å². The lowest BCUT2D eigenvalue weighted by Crippen LogP contribution is -1.97. The van der Waals surface area contributed by atoms with Gasteiger partial charge >= 0.3 is 0 Å². The van der Waals surface area contributed by atoms with Gasteiger partial charge in [-0.25, -0.2) is 9.97 Å². The van der Waals surface area contributed by atoms with Crippen molar-refractivity contribution in [2.45, 2.75) is 0 Å². The molecule has 0 N–H and O–H groups in total. The summed E-state index contributed by atoms with van der Waals surface area (Å²) in [5.41, 5.74) is 8.53. The fourth-order valence-electron chi connectivity index (χ4n) is 6.38. The zero-order valence-corrected chi connectivity index (χ0v) is 24.5. The highest BCUT2D eigenvalue weighted by Crippen LogP contribution is 2.40. The van der Waals surface area contributed by atoms with Gasteiger partial charge in [-0.2, -0.15) is 0 Å². The average Bonchev–Trinajstić information content (AvgIpc) is 3.65. The molecule has 3 aromatic heterocycles. The Balaban J connectivity index is 1.22. The quantitative estimate of drug-likeness (QED) is 0.208. The lowest BCUT2D eigenvalue weighted by Gasteiger charge is -2.12. The monoisotopic (exact) mass is 579 g/mol. The Kier molecular flexibility index (Phi) is 5.68. The summed E-state index contributed by atoms with van der Waals surface area (Å²) >= 11 is 1.83. The molecule has 0 radical (unpaired) electrons. The predicted molar refractivity (Wildman–Crippen MR) is 186 cm³/mol. The van der Waals surface area contributed by atoms with Crippen LogP contribution >= 0.6 is 11.3 Å². The van der Waals surface area contributed by atoms with Crippen LogP contribution in [0.2, 0.25) is 0 Å². The molecule has 0 aliphatic rings. The van der Waals surface area contributed by atoms with Crippen molar-refractivity contribution in [3.05, 3.63) is 152 Å². The maximum absolute atomic E-state index is 5.20. The Hall–Kier alpha value is -5.58. The first-order valence-corrected chi connectivity index (χ1v) is 15.6. The Bertz CT molecular complexity index is 2430. The summed E-state index contributed by atoms with van der Waals surface area (Å²) in [5, 5.41) is 5.06. The van der Waals surface area contributed by atoms with Crippen LogP contribution in [0.1, 0.15) is 0 Å². The van der Waals surface area contributed by atoms with Crippen molar-refractivity contribution in [2.75, 3.05) is 0 Å². The number of para-hydroxylation sites is 2. The number of aromatic nitrogens is 3. The highest BCUT2D eigenvalue weighted by molar-refractivity contribution is 7.26. The number of fused-ring (bicyclic) bond motifs is 6. The van der Waals surface area contributed by atoms with Gasteiger partial charge in [0.25, 0.3) is 0 Å². The molecule has 0 aliphatic carbocycles. The van der Waals surface area contributed by atoms with E-state index < -0.39 is 0 Å². The molecule has 0 saturated carbocycles. The predicted octanol–water partition coefficient (Wildman–Crippen LogP) is 10.9. The van der Waals surface area contributed by atoms with Gasteiger partial charge in [0.1, 0.15) is 0 Å². The zero-order valence-electron chi connectivity index (χ0n) is 23.7. The van der Waals surface area contributed by atoms with E-state index in [2.05, 4.69) is 150 Å². The van der Waals surface area contributed by atoms with E-state index in [-0.39, 0.29) is 0 Å². The number of nitrogens with zero attached hydrogens (tertiary/aromatic N) is 3. The van der Waals surface area contributed by atoms with Gasteiger partial charge in [-0.3, -0.25) is 0 Å². The first-order valence-electron chi connectivity index (χ1n) is 14.8. The molecule has 6 aromatic carbocycles. The molecule has 0 aliphatic heterocycles. The normalized spacial score (nSPS) is 11.6. The molecular weight excluding hydrogens is 555 g/mol. The Labute approximate surface area is 258 Å². The second kappa shape index (κ2) is 10.0. The molecule has 44 heavy (non-hydrogen) atoms. The van der Waals surface area contributed by atoms with Gasteiger partial charge in [-0.15, -0.1) is 11.3 Å². The minimum absolute atomic E-state index is 0.716. The van der Waals surface area contributed by atoms with Crippen molar-refractivity contribution in [3.8, 4) is 39.6 Å². The molecule has 0 atom stereocenters. The van der Waals surface area contributed by atoms with E-state index in [9.17, 15) is 0 Å². The number of rotatable bonds is 4. The third-order valence-corrected chi connectivity index (χ3v) is 9.66. The lowest BCUT2D eigenvalue weighted by molar-refractivity contribution is 1.16. The average molecular weight is 580 g/mol. The molecule has 9 aromatic rings. The minimum Gasteiger partial charge on any atom is -0.309 e. The van der Waals surface area contributed by atoms with Crippen molar-refractivity contribution in [1.29, 1.82) is 0 Å². The minimum atomic E-state index is 0.716. The number of hydrogen-bond donors (Lipinski definition) is 0. The lowest BCUT2D eigenvalue weighted by atomic mass is 10.0. The van der Waals surface area contributed by atoms with Crippen molar-refractivity contribution >= 4 is 53.3 Å². The smallest absolute Gasteiger partial charge is 0.160 e. The first kappa shape index (κ1) is 25.0. The van der Waals surface area contributed by atoms with Crippen LogP contribution in [-0.2, 0) is 0 Å². The standard InChI is InChI=1S/C40H25N3S/c1-2-11-26(12-3-1)34-25-35(33-17-10-16-32-31-15-6-9-20-38(31)44-39(32)33)42-40(41-34)27-21-23-28(24-22-27)43-36-18-7-4-13-29(36)30-14-5-8-19-37(30)43/h1-25H. The SMILES string of the molecule is c1ccc(-c2cc(-c3cccc4c3sc3ccccc34)nc(-c3ccc(-n4c5ccccc5c5ccccc54)cc3)n2)cc1. The van der Waals surface area contributed by atoms with Crippen LogP contribution in [0.3, 0.4) is 0 Å². The molecule has 0 unspecified atom stereocenters. The summed E-state index contributed by atoms with van der Waals surface area (Å²) in [7, 11) is 0. The van der Waals surface area contributed by atoms with Gasteiger partial charge in [-0.1, -0.05) is 103 Å². The molecule has 206 valence electrons. The molecule has 0 bridgehead atoms. The van der Waals surface area contributed by atoms with E-state index in [0.29, 0.717) is 5.82 Å². The Morgan fingerprint density at radius 1 is 0.455 bits per heavy atom. The molecule has 4 heteroatoms. The van der Waals surface area contributed by atoms with Crippen LogP contribution in [0.25, 0.3) is 81.6 Å². The second-order valence-corrected chi connectivity index (χ2v) is 12.1. The van der Waals surface area contributed by atoms with Gasteiger partial charge in [-0.05, 0) is 48.5 Å².